The number of hydrogen-bond acceptors (Lipinski definition) is 2. The fraction of sp³-hybridized carbons (Fsp3) is 0.125. The van der Waals surface area contributed by atoms with E-state index in [0.29, 0.717) is 21.3 Å². The standard InChI is InChI=1S/C16H13ClF2N3O/c1-11-20-22(13-5-3-2-4-6-13,16(23)21(11)15(18)19)14-9-7-12(17)8-10-14/h2-10,15H,1H3/q+1. The number of halogens is 3. The Balaban J connectivity index is 2.25. The molecule has 2 aromatic rings. The SMILES string of the molecule is CC1=N[N+](c2ccccc2)(c2ccc(Cl)cc2)C(=O)N1C(F)F. The molecular formula is C16H13ClF2N3O+. The van der Waals surface area contributed by atoms with Gasteiger partial charge in [-0.3, -0.25) is 0 Å². The van der Waals surface area contributed by atoms with E-state index in [1.165, 1.54) is 6.92 Å². The van der Waals surface area contributed by atoms with E-state index in [0.717, 1.165) is 0 Å². The predicted octanol–water partition coefficient (Wildman–Crippen LogP) is 4.97. The summed E-state index contributed by atoms with van der Waals surface area (Å²) in [7, 11) is 0. The maximum Gasteiger partial charge on any atom is 0.466 e. The Kier molecular flexibility index (Phi) is 3.87. The molecule has 0 aromatic heterocycles. The molecule has 7 heteroatoms. The maximum atomic E-state index is 13.3. The first-order valence-corrected chi connectivity index (χ1v) is 7.24. The van der Waals surface area contributed by atoms with Crippen molar-refractivity contribution < 1.29 is 13.6 Å². The minimum Gasteiger partial charge on any atom is -0.203 e. The summed E-state index contributed by atoms with van der Waals surface area (Å²) < 4.78 is 25.9. The summed E-state index contributed by atoms with van der Waals surface area (Å²) in [6, 6.07) is 14.2. The number of amidine groups is 1. The third-order valence-electron chi connectivity index (χ3n) is 3.65. The fourth-order valence-electron chi connectivity index (χ4n) is 2.61. The average Bonchev–Trinajstić information content (AvgIpc) is 2.81. The number of carbonyl (C=O) groups excluding carboxylic acids is 1. The summed E-state index contributed by atoms with van der Waals surface area (Å²) in [6.45, 7) is -1.56. The molecular weight excluding hydrogens is 324 g/mol. The lowest BCUT2D eigenvalue weighted by atomic mass is 10.2. The molecule has 0 spiro atoms. The van der Waals surface area contributed by atoms with Gasteiger partial charge in [-0.15, -0.1) is 0 Å². The summed E-state index contributed by atoms with van der Waals surface area (Å²) >= 11 is 5.90. The Morgan fingerprint density at radius 1 is 1.04 bits per heavy atom. The van der Waals surface area contributed by atoms with Gasteiger partial charge in [-0.2, -0.15) is 13.7 Å². The number of nitrogens with zero attached hydrogens (tertiary/aromatic N) is 3. The van der Waals surface area contributed by atoms with Crippen molar-refractivity contribution in [3.63, 3.8) is 0 Å². The Morgan fingerprint density at radius 3 is 2.13 bits per heavy atom. The second-order valence-electron chi connectivity index (χ2n) is 5.02. The lowest BCUT2D eigenvalue weighted by molar-refractivity contribution is 0.0430. The van der Waals surface area contributed by atoms with Crippen LogP contribution in [0.15, 0.2) is 59.7 Å². The zero-order valence-electron chi connectivity index (χ0n) is 12.2. The summed E-state index contributed by atoms with van der Waals surface area (Å²) in [5, 5.41) is 4.77. The summed E-state index contributed by atoms with van der Waals surface area (Å²) in [4.78, 5) is 13.2. The van der Waals surface area contributed by atoms with Crippen molar-refractivity contribution in [2.24, 2.45) is 5.10 Å². The molecule has 0 N–H and O–H groups in total. The molecule has 0 fully saturated rings. The molecule has 2 amide bonds. The van der Waals surface area contributed by atoms with Crippen LogP contribution in [0.3, 0.4) is 0 Å². The Bertz CT molecular complexity index is 765. The molecule has 23 heavy (non-hydrogen) atoms. The Morgan fingerprint density at radius 2 is 1.61 bits per heavy atom. The maximum absolute atomic E-state index is 13.3. The first kappa shape index (κ1) is 15.6. The number of benzene rings is 2. The number of carbonyl (C=O) groups is 1. The van der Waals surface area contributed by atoms with E-state index >= 15 is 0 Å². The van der Waals surface area contributed by atoms with Gasteiger partial charge in [-0.1, -0.05) is 29.8 Å². The highest BCUT2D eigenvalue weighted by Crippen LogP contribution is 2.41. The van der Waals surface area contributed by atoms with Gasteiger partial charge < -0.3 is 0 Å². The molecule has 0 radical (unpaired) electrons. The molecule has 0 saturated carbocycles. The average molecular weight is 337 g/mol. The van der Waals surface area contributed by atoms with Gasteiger partial charge in [-0.05, 0) is 28.7 Å². The van der Waals surface area contributed by atoms with Crippen molar-refractivity contribution >= 4 is 34.8 Å². The first-order valence-electron chi connectivity index (χ1n) is 6.86. The third-order valence-corrected chi connectivity index (χ3v) is 3.90. The summed E-state index contributed by atoms with van der Waals surface area (Å²) in [6.07, 6.45) is 0. The van der Waals surface area contributed by atoms with Gasteiger partial charge in [0.05, 0.1) is 0 Å². The minimum absolute atomic E-state index is 0.0381. The first-order chi connectivity index (χ1) is 11.0. The molecule has 3 rings (SSSR count). The fourth-order valence-corrected chi connectivity index (χ4v) is 2.74. The Labute approximate surface area is 136 Å². The lowest BCUT2D eigenvalue weighted by Gasteiger charge is -2.25. The zero-order valence-corrected chi connectivity index (χ0v) is 12.9. The number of rotatable bonds is 3. The van der Waals surface area contributed by atoms with Crippen molar-refractivity contribution in [2.45, 2.75) is 13.5 Å². The second-order valence-corrected chi connectivity index (χ2v) is 5.46. The van der Waals surface area contributed by atoms with Crippen LogP contribution in [0.2, 0.25) is 5.02 Å². The van der Waals surface area contributed by atoms with Crippen LogP contribution in [0.1, 0.15) is 6.92 Å². The number of alkyl halides is 2. The van der Waals surface area contributed by atoms with Crippen LogP contribution in [-0.4, -0.2) is 23.3 Å². The van der Waals surface area contributed by atoms with Crippen molar-refractivity contribution in [2.75, 3.05) is 0 Å². The molecule has 1 heterocycles. The van der Waals surface area contributed by atoms with Crippen LogP contribution in [0, 0.1) is 0 Å². The molecule has 1 aliphatic rings. The zero-order chi connectivity index (χ0) is 16.6. The topological polar surface area (TPSA) is 32.7 Å². The van der Waals surface area contributed by atoms with Gasteiger partial charge in [0.15, 0.2) is 17.2 Å². The normalized spacial score (nSPS) is 21.0. The van der Waals surface area contributed by atoms with Crippen LogP contribution in [-0.2, 0) is 0 Å². The quantitative estimate of drug-likeness (QED) is 0.575. The largest absolute Gasteiger partial charge is 0.466 e. The number of hydrogen-bond donors (Lipinski definition) is 0. The van der Waals surface area contributed by atoms with Gasteiger partial charge >= 0.3 is 12.6 Å². The Hall–Kier alpha value is -2.31. The van der Waals surface area contributed by atoms with Crippen LogP contribution in [0.4, 0.5) is 25.0 Å². The van der Waals surface area contributed by atoms with Gasteiger partial charge in [-0.25, -0.2) is 4.79 Å². The predicted molar refractivity (Wildman–Crippen MR) is 85.7 cm³/mol. The van der Waals surface area contributed by atoms with Crippen LogP contribution in [0.25, 0.3) is 0 Å². The molecule has 1 unspecified atom stereocenters. The molecule has 118 valence electrons. The summed E-state index contributed by atoms with van der Waals surface area (Å²) in [5.41, 5.74) is 0.912. The van der Waals surface area contributed by atoms with Gasteiger partial charge in [0.1, 0.15) is 0 Å². The third kappa shape index (κ3) is 2.40. The second kappa shape index (κ2) is 5.72. The monoisotopic (exact) mass is 336 g/mol. The van der Waals surface area contributed by atoms with Crippen molar-refractivity contribution in [1.82, 2.24) is 9.49 Å². The summed E-state index contributed by atoms with van der Waals surface area (Å²) in [5.74, 6) is -0.0381. The van der Waals surface area contributed by atoms with Gasteiger partial charge in [0.2, 0.25) is 0 Å². The molecule has 0 bridgehead atoms. The van der Waals surface area contributed by atoms with Gasteiger partial charge in [0, 0.05) is 29.3 Å². The number of quaternary nitrogens is 1. The minimum atomic E-state index is -2.96. The highest BCUT2D eigenvalue weighted by atomic mass is 35.5. The van der Waals surface area contributed by atoms with E-state index in [4.69, 9.17) is 11.6 Å². The van der Waals surface area contributed by atoms with Crippen LogP contribution in [0.5, 0.6) is 0 Å². The number of para-hydroxylation sites is 1. The van der Waals surface area contributed by atoms with Crippen LogP contribution < -0.4 is 4.59 Å². The molecule has 0 aliphatic carbocycles. The molecule has 2 aromatic carbocycles. The van der Waals surface area contributed by atoms with E-state index in [1.54, 1.807) is 54.6 Å². The molecule has 1 atom stereocenters. The molecule has 1 aliphatic heterocycles. The van der Waals surface area contributed by atoms with E-state index in [9.17, 15) is 13.6 Å². The van der Waals surface area contributed by atoms with E-state index in [1.807, 2.05) is 0 Å². The number of urea groups is 1. The highest BCUT2D eigenvalue weighted by Gasteiger charge is 2.55. The van der Waals surface area contributed by atoms with Crippen molar-refractivity contribution in [3.05, 3.63) is 59.6 Å². The van der Waals surface area contributed by atoms with E-state index < -0.39 is 17.2 Å². The van der Waals surface area contributed by atoms with Crippen LogP contribution >= 0.6 is 11.6 Å². The smallest absolute Gasteiger partial charge is 0.203 e. The van der Waals surface area contributed by atoms with E-state index in [2.05, 4.69) is 5.10 Å². The lowest BCUT2D eigenvalue weighted by Crippen LogP contribution is -2.48. The highest BCUT2D eigenvalue weighted by molar-refractivity contribution is 6.30. The van der Waals surface area contributed by atoms with Gasteiger partial charge in [0.25, 0.3) is 0 Å². The number of amides is 2. The van der Waals surface area contributed by atoms with Crippen molar-refractivity contribution in [3.8, 4) is 0 Å². The van der Waals surface area contributed by atoms with E-state index in [-0.39, 0.29) is 5.84 Å². The molecule has 0 saturated heterocycles. The van der Waals surface area contributed by atoms with Crippen molar-refractivity contribution in [1.29, 1.82) is 0 Å². The molecule has 4 nitrogen and oxygen atoms in total.